The second-order valence-corrected chi connectivity index (χ2v) is 11.7. The van der Waals surface area contributed by atoms with E-state index in [0.29, 0.717) is 17.7 Å². The minimum atomic E-state index is -3.33. The molecule has 2 aromatic carbocycles. The first-order chi connectivity index (χ1) is 14.7. The summed E-state index contributed by atoms with van der Waals surface area (Å²) in [6, 6.07) is 12.5. The number of hydrogen-bond acceptors (Lipinski definition) is 5. The van der Waals surface area contributed by atoms with Gasteiger partial charge in [-0.2, -0.15) is 0 Å². The summed E-state index contributed by atoms with van der Waals surface area (Å²) in [7, 11) is -3.33. The number of hydrogen-bond donors (Lipinski definition) is 0. The number of aromatic nitrogens is 1. The van der Waals surface area contributed by atoms with Gasteiger partial charge in [0.2, 0.25) is 0 Å². The van der Waals surface area contributed by atoms with Crippen LogP contribution in [0.4, 0.5) is 5.13 Å². The molecule has 3 aromatic rings. The fourth-order valence-corrected chi connectivity index (χ4v) is 7.75. The van der Waals surface area contributed by atoms with Crippen LogP contribution < -0.4 is 4.90 Å². The number of piperidine rings is 1. The monoisotopic (exact) mass is 454 g/mol. The van der Waals surface area contributed by atoms with Crippen LogP contribution in [0.2, 0.25) is 0 Å². The van der Waals surface area contributed by atoms with E-state index in [1.165, 1.54) is 11.1 Å². The van der Waals surface area contributed by atoms with Crippen molar-refractivity contribution in [1.29, 1.82) is 0 Å². The molecule has 31 heavy (non-hydrogen) atoms. The Morgan fingerprint density at radius 3 is 2.32 bits per heavy atom. The highest BCUT2D eigenvalue weighted by Gasteiger charge is 2.34. The molecule has 0 aliphatic carbocycles. The highest BCUT2D eigenvalue weighted by atomic mass is 32.2. The molecule has 0 bridgehead atoms. The molecule has 0 N–H and O–H groups in total. The van der Waals surface area contributed by atoms with Gasteiger partial charge in [-0.1, -0.05) is 47.5 Å². The van der Waals surface area contributed by atoms with E-state index in [0.717, 1.165) is 47.0 Å². The van der Waals surface area contributed by atoms with Crippen molar-refractivity contribution < 1.29 is 8.42 Å². The Morgan fingerprint density at radius 2 is 1.68 bits per heavy atom. The molecule has 1 aliphatic rings. The van der Waals surface area contributed by atoms with Crippen LogP contribution in [0.15, 0.2) is 46.7 Å². The second-order valence-electron chi connectivity index (χ2n) is 8.75. The average molecular weight is 455 g/mol. The van der Waals surface area contributed by atoms with Crippen molar-refractivity contribution >= 4 is 26.3 Å². The molecule has 0 radical (unpaired) electrons. The molecule has 164 valence electrons. The van der Waals surface area contributed by atoms with E-state index < -0.39 is 9.84 Å². The van der Waals surface area contributed by atoms with E-state index in [2.05, 4.69) is 41.5 Å². The van der Waals surface area contributed by atoms with Crippen molar-refractivity contribution in [1.82, 2.24) is 4.98 Å². The number of aryl methyl sites for hydroxylation is 4. The first-order valence-corrected chi connectivity index (χ1v) is 13.2. The zero-order valence-corrected chi connectivity index (χ0v) is 20.3. The predicted octanol–water partition coefficient (Wildman–Crippen LogP) is 5.41. The Hall–Kier alpha value is -2.18. The molecule has 4 rings (SSSR count). The maximum absolute atomic E-state index is 13.4. The SMILES string of the molecule is Cc1cccc(Cc2csc(N3CCC(S(=O)(=O)c4c(C)cc(C)cc4C)CC3)n2)c1. The van der Waals surface area contributed by atoms with E-state index in [1.807, 2.05) is 32.9 Å². The molecule has 0 amide bonds. The Labute approximate surface area is 189 Å². The van der Waals surface area contributed by atoms with Crippen molar-refractivity contribution in [3.8, 4) is 0 Å². The van der Waals surface area contributed by atoms with Crippen LogP contribution in [-0.4, -0.2) is 31.7 Å². The zero-order valence-electron chi connectivity index (χ0n) is 18.7. The van der Waals surface area contributed by atoms with E-state index in [4.69, 9.17) is 4.98 Å². The molecule has 1 fully saturated rings. The van der Waals surface area contributed by atoms with Gasteiger partial charge in [-0.15, -0.1) is 11.3 Å². The van der Waals surface area contributed by atoms with Gasteiger partial charge in [0, 0.05) is 24.9 Å². The molecule has 1 aromatic heterocycles. The third-order valence-electron chi connectivity index (χ3n) is 6.05. The van der Waals surface area contributed by atoms with Crippen LogP contribution in [0.25, 0.3) is 0 Å². The summed E-state index contributed by atoms with van der Waals surface area (Å²) < 4.78 is 26.8. The van der Waals surface area contributed by atoms with Crippen LogP contribution >= 0.6 is 11.3 Å². The van der Waals surface area contributed by atoms with Gasteiger partial charge in [-0.3, -0.25) is 0 Å². The van der Waals surface area contributed by atoms with Gasteiger partial charge in [0.25, 0.3) is 0 Å². The lowest BCUT2D eigenvalue weighted by atomic mass is 10.1. The highest BCUT2D eigenvalue weighted by molar-refractivity contribution is 7.92. The normalized spacial score (nSPS) is 15.4. The molecule has 6 heteroatoms. The fraction of sp³-hybridized carbons (Fsp3) is 0.400. The van der Waals surface area contributed by atoms with E-state index >= 15 is 0 Å². The number of rotatable bonds is 5. The molecule has 4 nitrogen and oxygen atoms in total. The summed E-state index contributed by atoms with van der Waals surface area (Å²) in [5, 5.41) is 2.80. The van der Waals surface area contributed by atoms with Gasteiger partial charge >= 0.3 is 0 Å². The Morgan fingerprint density at radius 1 is 1.00 bits per heavy atom. The van der Waals surface area contributed by atoms with Crippen LogP contribution in [0.1, 0.15) is 46.4 Å². The summed E-state index contributed by atoms with van der Waals surface area (Å²) in [6.07, 6.45) is 2.11. The van der Waals surface area contributed by atoms with E-state index in [-0.39, 0.29) is 5.25 Å². The largest absolute Gasteiger partial charge is 0.348 e. The Kier molecular flexibility index (Phi) is 6.22. The Balaban J connectivity index is 1.44. The lowest BCUT2D eigenvalue weighted by Crippen LogP contribution is -2.39. The summed E-state index contributed by atoms with van der Waals surface area (Å²) in [5.74, 6) is 0. The minimum absolute atomic E-state index is 0.324. The molecule has 0 atom stereocenters. The molecular weight excluding hydrogens is 424 g/mol. The van der Waals surface area contributed by atoms with E-state index in [9.17, 15) is 8.42 Å². The van der Waals surface area contributed by atoms with Crippen LogP contribution in [0.3, 0.4) is 0 Å². The molecule has 0 spiro atoms. The lowest BCUT2D eigenvalue weighted by molar-refractivity contribution is 0.528. The van der Waals surface area contributed by atoms with Gasteiger partial charge in [0.15, 0.2) is 15.0 Å². The summed E-state index contributed by atoms with van der Waals surface area (Å²) in [5.41, 5.74) is 6.43. The molecule has 1 saturated heterocycles. The van der Waals surface area contributed by atoms with Crippen molar-refractivity contribution in [3.63, 3.8) is 0 Å². The highest BCUT2D eigenvalue weighted by Crippen LogP contribution is 2.32. The van der Waals surface area contributed by atoms with Crippen molar-refractivity contribution in [2.24, 2.45) is 0 Å². The molecule has 0 unspecified atom stereocenters. The summed E-state index contributed by atoms with van der Waals surface area (Å²) >= 11 is 1.66. The fourth-order valence-electron chi connectivity index (χ4n) is 4.69. The molecule has 1 aliphatic heterocycles. The number of benzene rings is 2. The summed E-state index contributed by atoms with van der Waals surface area (Å²) in [4.78, 5) is 7.61. The minimum Gasteiger partial charge on any atom is -0.348 e. The second kappa shape index (κ2) is 8.75. The smallest absolute Gasteiger partial charge is 0.185 e. The first kappa shape index (κ1) is 22.0. The van der Waals surface area contributed by atoms with Crippen LogP contribution in [0, 0.1) is 27.7 Å². The zero-order chi connectivity index (χ0) is 22.2. The average Bonchev–Trinajstić information content (AvgIpc) is 3.15. The van der Waals surface area contributed by atoms with E-state index in [1.54, 1.807) is 11.3 Å². The number of nitrogens with zero attached hydrogens (tertiary/aromatic N) is 2. The van der Waals surface area contributed by atoms with Crippen molar-refractivity contribution in [2.75, 3.05) is 18.0 Å². The molecular formula is C25H30N2O2S2. The molecule has 2 heterocycles. The third kappa shape index (κ3) is 4.70. The quantitative estimate of drug-likeness (QED) is 0.517. The maximum atomic E-state index is 13.4. The first-order valence-electron chi connectivity index (χ1n) is 10.8. The lowest BCUT2D eigenvalue weighted by Gasteiger charge is -2.32. The van der Waals surface area contributed by atoms with Crippen LogP contribution in [-0.2, 0) is 16.3 Å². The van der Waals surface area contributed by atoms with Gasteiger partial charge < -0.3 is 4.90 Å². The molecule has 0 saturated carbocycles. The predicted molar refractivity (Wildman–Crippen MR) is 129 cm³/mol. The summed E-state index contributed by atoms with van der Waals surface area (Å²) in [6.45, 7) is 9.39. The van der Waals surface area contributed by atoms with Crippen LogP contribution in [0.5, 0.6) is 0 Å². The van der Waals surface area contributed by atoms with Crippen molar-refractivity contribution in [2.45, 2.75) is 57.1 Å². The third-order valence-corrected chi connectivity index (χ3v) is 9.56. The standard InChI is InChI=1S/C25H30N2O2S2/c1-17-6-5-7-21(14-17)15-22-16-30-25(26-22)27-10-8-23(9-11-27)31(28,29)24-19(3)12-18(2)13-20(24)4/h5-7,12-14,16,23H,8-11,15H2,1-4H3. The van der Waals surface area contributed by atoms with Gasteiger partial charge in [0.05, 0.1) is 15.8 Å². The van der Waals surface area contributed by atoms with Crippen molar-refractivity contribution in [3.05, 3.63) is 75.3 Å². The van der Waals surface area contributed by atoms with Gasteiger partial charge in [-0.05, 0) is 57.2 Å². The van der Waals surface area contributed by atoms with Gasteiger partial charge in [0.1, 0.15) is 0 Å². The number of anilines is 1. The number of thiazole rings is 1. The topological polar surface area (TPSA) is 50.3 Å². The number of sulfone groups is 1. The maximum Gasteiger partial charge on any atom is 0.185 e. The van der Waals surface area contributed by atoms with Gasteiger partial charge in [-0.25, -0.2) is 13.4 Å². The Bertz CT molecular complexity index is 1170.